The number of carbonyl (C=O) groups excluding carboxylic acids is 1. The van der Waals surface area contributed by atoms with E-state index in [0.717, 1.165) is 12.8 Å². The van der Waals surface area contributed by atoms with E-state index in [0.29, 0.717) is 29.6 Å². The fourth-order valence-corrected chi connectivity index (χ4v) is 2.75. The third-order valence-corrected chi connectivity index (χ3v) is 3.78. The first-order valence-electron chi connectivity index (χ1n) is 6.92. The Hall–Kier alpha value is -2.50. The van der Waals surface area contributed by atoms with E-state index in [4.69, 9.17) is 0 Å². The molecule has 0 spiro atoms. The summed E-state index contributed by atoms with van der Waals surface area (Å²) in [6, 6.07) is 4.44. The van der Waals surface area contributed by atoms with E-state index in [1.54, 1.807) is 24.4 Å². The number of amides is 1. The van der Waals surface area contributed by atoms with Crippen LogP contribution >= 0.6 is 0 Å². The lowest BCUT2D eigenvalue weighted by molar-refractivity contribution is -0.143. The Bertz CT molecular complexity index is 696. The van der Waals surface area contributed by atoms with Gasteiger partial charge >= 0.3 is 5.97 Å². The number of carboxylic acids is 1. The molecule has 0 aliphatic carbocycles. The zero-order chi connectivity index (χ0) is 14.8. The van der Waals surface area contributed by atoms with Crippen LogP contribution in [0.25, 0.3) is 11.0 Å². The number of hydrogen-bond donors (Lipinski definition) is 1. The molecule has 2 aromatic rings. The highest BCUT2D eigenvalue weighted by Gasteiger charge is 2.33. The molecular weight excluding hydrogens is 270 g/mol. The van der Waals surface area contributed by atoms with Gasteiger partial charge in [0.1, 0.15) is 11.6 Å². The second kappa shape index (κ2) is 5.47. The molecule has 1 aliphatic heterocycles. The maximum absolute atomic E-state index is 12.7. The number of para-hydroxylation sites is 1. The number of likely N-dealkylation sites (tertiary alicyclic amines) is 1. The molecule has 1 aromatic carbocycles. The van der Waals surface area contributed by atoms with Gasteiger partial charge in [-0.3, -0.25) is 14.8 Å². The Morgan fingerprint density at radius 2 is 2.00 bits per heavy atom. The third-order valence-electron chi connectivity index (χ3n) is 3.78. The van der Waals surface area contributed by atoms with E-state index in [2.05, 4.69) is 9.97 Å². The van der Waals surface area contributed by atoms with E-state index in [1.807, 2.05) is 0 Å². The van der Waals surface area contributed by atoms with Crippen LogP contribution < -0.4 is 0 Å². The Morgan fingerprint density at radius 3 is 2.81 bits per heavy atom. The number of nitrogens with zero attached hydrogens (tertiary/aromatic N) is 3. The quantitative estimate of drug-likeness (QED) is 0.908. The highest BCUT2D eigenvalue weighted by Crippen LogP contribution is 2.22. The molecule has 0 saturated carbocycles. The van der Waals surface area contributed by atoms with Crippen molar-refractivity contribution < 1.29 is 14.7 Å². The lowest BCUT2D eigenvalue weighted by Crippen LogP contribution is -2.48. The van der Waals surface area contributed by atoms with Crippen molar-refractivity contribution in [1.29, 1.82) is 0 Å². The molecule has 6 heteroatoms. The zero-order valence-corrected chi connectivity index (χ0v) is 11.4. The van der Waals surface area contributed by atoms with Crippen LogP contribution in [0, 0.1) is 0 Å². The van der Waals surface area contributed by atoms with E-state index < -0.39 is 12.0 Å². The molecular formula is C15H15N3O3. The number of rotatable bonds is 2. The van der Waals surface area contributed by atoms with Gasteiger partial charge < -0.3 is 10.0 Å². The van der Waals surface area contributed by atoms with Gasteiger partial charge in [0.2, 0.25) is 0 Å². The number of aromatic nitrogens is 2. The first-order valence-corrected chi connectivity index (χ1v) is 6.92. The Morgan fingerprint density at radius 1 is 1.19 bits per heavy atom. The van der Waals surface area contributed by atoms with Crippen molar-refractivity contribution in [2.75, 3.05) is 6.54 Å². The van der Waals surface area contributed by atoms with Gasteiger partial charge in [-0.1, -0.05) is 6.07 Å². The Balaban J connectivity index is 2.01. The maximum atomic E-state index is 12.7. The summed E-state index contributed by atoms with van der Waals surface area (Å²) in [7, 11) is 0. The molecule has 1 aromatic heterocycles. The van der Waals surface area contributed by atoms with Crippen LogP contribution in [0.3, 0.4) is 0 Å². The van der Waals surface area contributed by atoms with E-state index in [1.165, 1.54) is 11.1 Å². The number of hydrogen-bond acceptors (Lipinski definition) is 4. The van der Waals surface area contributed by atoms with Gasteiger partial charge in [-0.15, -0.1) is 0 Å². The zero-order valence-electron chi connectivity index (χ0n) is 11.4. The molecule has 3 rings (SSSR count). The van der Waals surface area contributed by atoms with Gasteiger partial charge in [0, 0.05) is 18.9 Å². The van der Waals surface area contributed by atoms with Crippen LogP contribution in [-0.2, 0) is 4.79 Å². The van der Waals surface area contributed by atoms with Crippen LogP contribution in [0.1, 0.15) is 29.6 Å². The fraction of sp³-hybridized carbons (Fsp3) is 0.333. The van der Waals surface area contributed by atoms with E-state index >= 15 is 0 Å². The highest BCUT2D eigenvalue weighted by molar-refractivity contribution is 6.05. The standard InChI is InChI=1S/C15H15N3O3/c19-14(18-9-2-1-6-12(18)15(20)21)10-4-3-5-11-13(10)17-8-7-16-11/h3-5,7-8,12H,1-2,6,9H2,(H,20,21)/t12-/m0/s1. The molecule has 1 saturated heterocycles. The number of benzene rings is 1. The largest absolute Gasteiger partial charge is 0.480 e. The number of fused-ring (bicyclic) bond motifs is 1. The van der Waals surface area contributed by atoms with Crippen LogP contribution in [0.5, 0.6) is 0 Å². The van der Waals surface area contributed by atoms with Crippen molar-refractivity contribution in [3.63, 3.8) is 0 Å². The topological polar surface area (TPSA) is 83.4 Å². The Labute approximate surface area is 121 Å². The molecule has 1 N–H and O–H groups in total. The molecule has 108 valence electrons. The minimum Gasteiger partial charge on any atom is -0.480 e. The van der Waals surface area contributed by atoms with E-state index in [-0.39, 0.29) is 5.91 Å². The second-order valence-corrected chi connectivity index (χ2v) is 5.08. The average Bonchev–Trinajstić information content (AvgIpc) is 2.53. The monoisotopic (exact) mass is 285 g/mol. The van der Waals surface area contributed by atoms with Crippen LogP contribution in [-0.4, -0.2) is 44.4 Å². The summed E-state index contributed by atoms with van der Waals surface area (Å²) in [5, 5.41) is 9.30. The van der Waals surface area contributed by atoms with Crippen molar-refractivity contribution in [1.82, 2.24) is 14.9 Å². The lowest BCUT2D eigenvalue weighted by atomic mass is 10.0. The number of carboxylic acid groups (broad SMARTS) is 1. The fourth-order valence-electron chi connectivity index (χ4n) is 2.75. The van der Waals surface area contributed by atoms with Gasteiger partial charge in [0.25, 0.3) is 5.91 Å². The summed E-state index contributed by atoms with van der Waals surface area (Å²) >= 11 is 0. The van der Waals surface area contributed by atoms with Crippen molar-refractivity contribution in [3.05, 3.63) is 36.2 Å². The van der Waals surface area contributed by atoms with Gasteiger partial charge in [-0.05, 0) is 31.4 Å². The SMILES string of the molecule is O=C(O)[C@@H]1CCCCN1C(=O)c1cccc2nccnc12. The second-order valence-electron chi connectivity index (χ2n) is 5.08. The first-order chi connectivity index (χ1) is 10.2. The normalized spacial score (nSPS) is 18.7. The molecule has 21 heavy (non-hydrogen) atoms. The van der Waals surface area contributed by atoms with Crippen molar-refractivity contribution >= 4 is 22.9 Å². The lowest BCUT2D eigenvalue weighted by Gasteiger charge is -2.33. The van der Waals surface area contributed by atoms with Gasteiger partial charge in [0.05, 0.1) is 11.1 Å². The van der Waals surface area contributed by atoms with Gasteiger partial charge in [-0.25, -0.2) is 4.79 Å². The predicted octanol–water partition coefficient (Wildman–Crippen LogP) is 1.71. The molecule has 2 heterocycles. The first kappa shape index (κ1) is 13.5. The van der Waals surface area contributed by atoms with Crippen LogP contribution in [0.2, 0.25) is 0 Å². The highest BCUT2D eigenvalue weighted by atomic mass is 16.4. The smallest absolute Gasteiger partial charge is 0.326 e. The molecule has 6 nitrogen and oxygen atoms in total. The average molecular weight is 285 g/mol. The van der Waals surface area contributed by atoms with Crippen molar-refractivity contribution in [3.8, 4) is 0 Å². The molecule has 1 fully saturated rings. The molecule has 0 unspecified atom stereocenters. The Kier molecular flexibility index (Phi) is 3.51. The van der Waals surface area contributed by atoms with Crippen LogP contribution in [0.15, 0.2) is 30.6 Å². The summed E-state index contributed by atoms with van der Waals surface area (Å²) < 4.78 is 0. The third kappa shape index (κ3) is 2.44. The van der Waals surface area contributed by atoms with E-state index in [9.17, 15) is 14.7 Å². The van der Waals surface area contributed by atoms with Crippen molar-refractivity contribution in [2.45, 2.75) is 25.3 Å². The van der Waals surface area contributed by atoms with Gasteiger partial charge in [0.15, 0.2) is 0 Å². The summed E-state index contributed by atoms with van der Waals surface area (Å²) in [6.45, 7) is 0.465. The minimum atomic E-state index is -0.950. The number of aliphatic carboxylic acids is 1. The molecule has 1 amide bonds. The molecule has 0 bridgehead atoms. The van der Waals surface area contributed by atoms with Crippen molar-refractivity contribution in [2.24, 2.45) is 0 Å². The summed E-state index contributed by atoms with van der Waals surface area (Å²) in [4.78, 5) is 33.9. The summed E-state index contributed by atoms with van der Waals surface area (Å²) in [6.07, 6.45) is 5.25. The summed E-state index contributed by atoms with van der Waals surface area (Å²) in [5.74, 6) is -1.23. The molecule has 0 radical (unpaired) electrons. The van der Waals surface area contributed by atoms with Crippen LogP contribution in [0.4, 0.5) is 0 Å². The molecule has 1 atom stereocenters. The van der Waals surface area contributed by atoms with Gasteiger partial charge in [-0.2, -0.15) is 0 Å². The maximum Gasteiger partial charge on any atom is 0.326 e. The minimum absolute atomic E-state index is 0.284. The predicted molar refractivity (Wildman–Crippen MR) is 75.8 cm³/mol. The number of piperidine rings is 1. The number of carbonyl (C=O) groups is 2. The summed E-state index contributed by atoms with van der Waals surface area (Å²) in [5.41, 5.74) is 1.56. The molecule has 1 aliphatic rings.